The number of aromatic nitrogens is 1. The van der Waals surface area contributed by atoms with Crippen LogP contribution in [0.15, 0.2) is 48.8 Å². The fourth-order valence-corrected chi connectivity index (χ4v) is 1.79. The van der Waals surface area contributed by atoms with Crippen molar-refractivity contribution < 1.29 is 4.79 Å². The zero-order chi connectivity index (χ0) is 13.0. The van der Waals surface area contributed by atoms with Crippen LogP contribution in [0.4, 0.5) is 4.79 Å². The molecule has 3 nitrogen and oxygen atoms in total. The first-order valence-corrected chi connectivity index (χ1v) is 5.94. The third-order valence-corrected chi connectivity index (χ3v) is 2.95. The van der Waals surface area contributed by atoms with Crippen molar-refractivity contribution in [1.29, 1.82) is 0 Å². The maximum Gasteiger partial charge on any atom is 0.316 e. The van der Waals surface area contributed by atoms with Crippen molar-refractivity contribution in [2.75, 3.05) is 7.05 Å². The number of nitrogens with zero attached hydrogens (tertiary/aromatic N) is 2. The van der Waals surface area contributed by atoms with E-state index in [4.69, 9.17) is 11.6 Å². The fraction of sp³-hybridized carbons (Fsp3) is 0.143. The van der Waals surface area contributed by atoms with Gasteiger partial charge in [-0.25, -0.2) is 0 Å². The number of hydrogen-bond acceptors (Lipinski definition) is 2. The third kappa shape index (κ3) is 3.08. The average molecular weight is 261 g/mol. The van der Waals surface area contributed by atoms with Gasteiger partial charge in [0.2, 0.25) is 0 Å². The lowest BCUT2D eigenvalue weighted by atomic mass is 10.0. The highest BCUT2D eigenvalue weighted by molar-refractivity contribution is 6.62. The lowest BCUT2D eigenvalue weighted by Crippen LogP contribution is -2.19. The number of hydrogen-bond donors (Lipinski definition) is 0. The maximum absolute atomic E-state index is 11.0. The first-order valence-electron chi connectivity index (χ1n) is 5.57. The molecule has 0 fully saturated rings. The third-order valence-electron chi connectivity index (χ3n) is 2.66. The second-order valence-electron chi connectivity index (χ2n) is 4.05. The molecule has 0 aliphatic carbocycles. The monoisotopic (exact) mass is 260 g/mol. The molecular formula is C14H13ClN2O. The van der Waals surface area contributed by atoms with Crippen molar-refractivity contribution in [3.63, 3.8) is 0 Å². The van der Waals surface area contributed by atoms with E-state index < -0.39 is 5.37 Å². The smallest absolute Gasteiger partial charge is 0.316 e. The van der Waals surface area contributed by atoms with Gasteiger partial charge < -0.3 is 4.90 Å². The molecule has 0 bridgehead atoms. The number of halogens is 1. The van der Waals surface area contributed by atoms with Gasteiger partial charge in [0.15, 0.2) is 0 Å². The molecule has 0 atom stereocenters. The van der Waals surface area contributed by atoms with Gasteiger partial charge in [-0.1, -0.05) is 18.2 Å². The van der Waals surface area contributed by atoms with Crippen molar-refractivity contribution in [2.45, 2.75) is 6.54 Å². The molecule has 1 heterocycles. The van der Waals surface area contributed by atoms with Gasteiger partial charge in [-0.05, 0) is 46.5 Å². The minimum Gasteiger partial charge on any atom is -0.328 e. The van der Waals surface area contributed by atoms with Gasteiger partial charge >= 0.3 is 5.37 Å². The van der Waals surface area contributed by atoms with Crippen molar-refractivity contribution >= 4 is 17.0 Å². The number of carbonyl (C=O) groups excluding carboxylic acids is 1. The summed E-state index contributed by atoms with van der Waals surface area (Å²) in [5, 5.41) is -0.454. The van der Waals surface area contributed by atoms with E-state index in [1.54, 1.807) is 19.4 Å². The number of carbonyl (C=O) groups is 1. The van der Waals surface area contributed by atoms with Crippen LogP contribution in [-0.4, -0.2) is 22.3 Å². The highest BCUT2D eigenvalue weighted by atomic mass is 35.5. The van der Waals surface area contributed by atoms with E-state index >= 15 is 0 Å². The molecule has 0 aliphatic rings. The summed E-state index contributed by atoms with van der Waals surface area (Å²) in [7, 11) is 1.68. The van der Waals surface area contributed by atoms with Crippen LogP contribution in [0.1, 0.15) is 5.56 Å². The van der Waals surface area contributed by atoms with Gasteiger partial charge in [-0.3, -0.25) is 9.78 Å². The fourth-order valence-electron chi connectivity index (χ4n) is 1.73. The van der Waals surface area contributed by atoms with Crippen molar-refractivity contribution in [1.82, 2.24) is 9.88 Å². The Hall–Kier alpha value is -1.87. The average Bonchev–Trinajstić information content (AvgIpc) is 2.40. The van der Waals surface area contributed by atoms with Crippen LogP contribution in [0.2, 0.25) is 0 Å². The predicted octanol–water partition coefficient (Wildman–Crippen LogP) is 3.54. The lowest BCUT2D eigenvalue weighted by Gasteiger charge is -2.13. The molecule has 1 amide bonds. The second kappa shape index (κ2) is 5.65. The van der Waals surface area contributed by atoms with Crippen molar-refractivity contribution in [3.8, 4) is 11.1 Å². The summed E-state index contributed by atoms with van der Waals surface area (Å²) >= 11 is 5.41. The molecule has 2 rings (SSSR count). The van der Waals surface area contributed by atoms with Crippen LogP contribution in [-0.2, 0) is 6.54 Å². The zero-order valence-electron chi connectivity index (χ0n) is 10.0. The Kier molecular flexibility index (Phi) is 3.95. The molecule has 92 valence electrons. The van der Waals surface area contributed by atoms with E-state index in [2.05, 4.69) is 4.98 Å². The van der Waals surface area contributed by atoms with E-state index in [0.717, 1.165) is 16.7 Å². The quantitative estimate of drug-likeness (QED) is 0.625. The van der Waals surface area contributed by atoms with Gasteiger partial charge in [0.1, 0.15) is 0 Å². The van der Waals surface area contributed by atoms with Gasteiger partial charge in [-0.15, -0.1) is 0 Å². The molecule has 0 unspecified atom stereocenters. The Balaban J connectivity index is 2.23. The van der Waals surface area contributed by atoms with E-state index in [1.807, 2.05) is 36.4 Å². The molecule has 18 heavy (non-hydrogen) atoms. The predicted molar refractivity (Wildman–Crippen MR) is 72.4 cm³/mol. The van der Waals surface area contributed by atoms with Crippen LogP contribution in [0.3, 0.4) is 0 Å². The Bertz CT molecular complexity index is 543. The largest absolute Gasteiger partial charge is 0.328 e. The van der Waals surface area contributed by atoms with E-state index in [9.17, 15) is 4.79 Å². The molecule has 1 aromatic heterocycles. The molecular weight excluding hydrogens is 248 g/mol. The summed E-state index contributed by atoms with van der Waals surface area (Å²) in [5.74, 6) is 0. The molecule has 0 spiro atoms. The molecule has 1 aromatic carbocycles. The zero-order valence-corrected chi connectivity index (χ0v) is 10.8. The molecule has 4 heteroatoms. The summed E-state index contributed by atoms with van der Waals surface area (Å²) in [6, 6.07) is 11.9. The molecule has 0 aliphatic heterocycles. The lowest BCUT2D eigenvalue weighted by molar-refractivity contribution is 0.230. The number of rotatable bonds is 3. The first kappa shape index (κ1) is 12.6. The Morgan fingerprint density at radius 2 is 1.94 bits per heavy atom. The highest BCUT2D eigenvalue weighted by Gasteiger charge is 2.06. The molecule has 0 N–H and O–H groups in total. The molecule has 2 aromatic rings. The topological polar surface area (TPSA) is 33.2 Å². The van der Waals surface area contributed by atoms with Crippen LogP contribution in [0.25, 0.3) is 11.1 Å². The highest BCUT2D eigenvalue weighted by Crippen LogP contribution is 2.20. The second-order valence-corrected chi connectivity index (χ2v) is 4.37. The Morgan fingerprint density at radius 1 is 1.22 bits per heavy atom. The SMILES string of the molecule is CN(Cc1cccc(-c2ccncc2)c1)C(=O)Cl. The van der Waals surface area contributed by atoms with E-state index in [0.29, 0.717) is 6.54 Å². The van der Waals surface area contributed by atoms with Crippen LogP contribution >= 0.6 is 11.6 Å². The van der Waals surface area contributed by atoms with Crippen LogP contribution < -0.4 is 0 Å². The summed E-state index contributed by atoms with van der Waals surface area (Å²) in [4.78, 5) is 16.4. The summed E-state index contributed by atoms with van der Waals surface area (Å²) in [6.45, 7) is 0.501. The first-order chi connectivity index (χ1) is 8.66. The molecule has 0 saturated carbocycles. The number of amides is 1. The number of benzene rings is 1. The maximum atomic E-state index is 11.0. The van der Waals surface area contributed by atoms with E-state index in [1.165, 1.54) is 4.90 Å². The number of pyridine rings is 1. The van der Waals surface area contributed by atoms with Crippen molar-refractivity contribution in [2.24, 2.45) is 0 Å². The van der Waals surface area contributed by atoms with Crippen LogP contribution in [0, 0.1) is 0 Å². The summed E-state index contributed by atoms with van der Waals surface area (Å²) < 4.78 is 0. The Morgan fingerprint density at radius 3 is 2.61 bits per heavy atom. The minimum atomic E-state index is -0.454. The van der Waals surface area contributed by atoms with Gasteiger partial charge in [0, 0.05) is 26.0 Å². The normalized spacial score (nSPS) is 10.1. The van der Waals surface area contributed by atoms with E-state index in [-0.39, 0.29) is 0 Å². The molecule has 0 saturated heterocycles. The Labute approximate surface area is 111 Å². The van der Waals surface area contributed by atoms with Gasteiger partial charge in [0.25, 0.3) is 0 Å². The molecule has 0 radical (unpaired) electrons. The minimum absolute atomic E-state index is 0.454. The summed E-state index contributed by atoms with van der Waals surface area (Å²) in [6.07, 6.45) is 3.52. The summed E-state index contributed by atoms with van der Waals surface area (Å²) in [5.41, 5.74) is 3.25. The standard InChI is InChI=1S/C14H13ClN2O/c1-17(14(15)18)10-11-3-2-4-13(9-11)12-5-7-16-8-6-12/h2-9H,10H2,1H3. The van der Waals surface area contributed by atoms with Crippen molar-refractivity contribution in [3.05, 3.63) is 54.4 Å². The van der Waals surface area contributed by atoms with Gasteiger partial charge in [-0.2, -0.15) is 0 Å². The van der Waals surface area contributed by atoms with Gasteiger partial charge in [0.05, 0.1) is 0 Å². The van der Waals surface area contributed by atoms with Crippen LogP contribution in [0.5, 0.6) is 0 Å².